The lowest BCUT2D eigenvalue weighted by atomic mass is 9.62. The fraction of sp³-hybridized carbons (Fsp3) is 0.800. The Morgan fingerprint density at radius 2 is 2.36 bits per heavy atom. The molecule has 3 atom stereocenters. The maximum Gasteiger partial charge on any atom is 0.240 e. The molecule has 0 radical (unpaired) electrons. The molecule has 2 aliphatic rings. The quantitative estimate of drug-likeness (QED) is 0.590. The number of hydrogen-bond acceptors (Lipinski definition) is 3. The Labute approximate surface area is 82.9 Å². The van der Waals surface area contributed by atoms with E-state index in [-0.39, 0.29) is 11.3 Å². The summed E-state index contributed by atoms with van der Waals surface area (Å²) >= 11 is 0. The number of aliphatic hydroxyl groups is 1. The van der Waals surface area contributed by atoms with Gasteiger partial charge in [0.15, 0.2) is 0 Å². The summed E-state index contributed by atoms with van der Waals surface area (Å²) in [5, 5.41) is 21.5. The van der Waals surface area contributed by atoms with E-state index in [4.69, 9.17) is 5.26 Å². The Morgan fingerprint density at radius 1 is 1.64 bits per heavy atom. The number of rotatable bonds is 0. The van der Waals surface area contributed by atoms with Gasteiger partial charge in [0, 0.05) is 6.42 Å². The van der Waals surface area contributed by atoms with Crippen LogP contribution in [0, 0.1) is 22.7 Å². The second kappa shape index (κ2) is 2.71. The SMILES string of the molecule is C[C@]12CCC[C@@](O)(C1)NC(=O)[C@@H]2C#N. The van der Waals surface area contributed by atoms with Crippen molar-refractivity contribution >= 4 is 5.91 Å². The molecule has 0 aromatic carbocycles. The zero-order valence-electron chi connectivity index (χ0n) is 8.21. The zero-order valence-corrected chi connectivity index (χ0v) is 8.21. The van der Waals surface area contributed by atoms with Crippen molar-refractivity contribution in [2.75, 3.05) is 0 Å². The molecule has 4 heteroatoms. The molecule has 4 nitrogen and oxygen atoms in total. The van der Waals surface area contributed by atoms with Crippen LogP contribution in [-0.4, -0.2) is 16.7 Å². The minimum absolute atomic E-state index is 0.316. The van der Waals surface area contributed by atoms with E-state index in [1.165, 1.54) is 0 Å². The van der Waals surface area contributed by atoms with Gasteiger partial charge in [-0.25, -0.2) is 0 Å². The second-order valence-electron chi connectivity index (χ2n) is 4.77. The average molecular weight is 194 g/mol. The lowest BCUT2D eigenvalue weighted by molar-refractivity contribution is -0.157. The van der Waals surface area contributed by atoms with Gasteiger partial charge >= 0.3 is 0 Å². The van der Waals surface area contributed by atoms with Gasteiger partial charge in [0.25, 0.3) is 0 Å². The molecule has 0 spiro atoms. The van der Waals surface area contributed by atoms with Crippen LogP contribution in [0.3, 0.4) is 0 Å². The average Bonchev–Trinajstić information content (AvgIpc) is 2.00. The van der Waals surface area contributed by atoms with Crippen LogP contribution in [0.15, 0.2) is 0 Å². The highest BCUT2D eigenvalue weighted by molar-refractivity contribution is 5.83. The van der Waals surface area contributed by atoms with Gasteiger partial charge in [-0.2, -0.15) is 5.26 Å². The van der Waals surface area contributed by atoms with Crippen LogP contribution in [0.25, 0.3) is 0 Å². The lowest BCUT2D eigenvalue weighted by Crippen LogP contribution is -2.62. The van der Waals surface area contributed by atoms with Crippen LogP contribution in [-0.2, 0) is 4.79 Å². The summed E-state index contributed by atoms with van der Waals surface area (Å²) in [6.07, 6.45) is 2.82. The largest absolute Gasteiger partial charge is 0.371 e. The minimum Gasteiger partial charge on any atom is -0.371 e. The Morgan fingerprint density at radius 3 is 3.00 bits per heavy atom. The molecule has 76 valence electrons. The summed E-state index contributed by atoms with van der Waals surface area (Å²) in [6, 6.07) is 2.04. The van der Waals surface area contributed by atoms with Crippen LogP contribution in [0.2, 0.25) is 0 Å². The van der Waals surface area contributed by atoms with E-state index in [9.17, 15) is 9.90 Å². The third kappa shape index (κ3) is 1.20. The molecular weight excluding hydrogens is 180 g/mol. The van der Waals surface area contributed by atoms with Crippen molar-refractivity contribution in [3.05, 3.63) is 0 Å². The Kier molecular flexibility index (Phi) is 1.83. The van der Waals surface area contributed by atoms with E-state index >= 15 is 0 Å². The first-order chi connectivity index (χ1) is 6.49. The van der Waals surface area contributed by atoms with Gasteiger partial charge in [-0.3, -0.25) is 4.79 Å². The Balaban J connectivity index is 2.36. The van der Waals surface area contributed by atoms with Gasteiger partial charge in [0.2, 0.25) is 5.91 Å². The molecule has 2 N–H and O–H groups in total. The topological polar surface area (TPSA) is 73.1 Å². The number of hydrogen-bond donors (Lipinski definition) is 2. The molecule has 0 aromatic heterocycles. The summed E-state index contributed by atoms with van der Waals surface area (Å²) in [7, 11) is 0. The first-order valence-corrected chi connectivity index (χ1v) is 4.93. The number of nitrogens with zero attached hydrogens (tertiary/aromatic N) is 1. The predicted octanol–water partition coefficient (Wildman–Crippen LogP) is 0.525. The molecule has 14 heavy (non-hydrogen) atoms. The van der Waals surface area contributed by atoms with Crippen molar-refractivity contribution in [3.8, 4) is 6.07 Å². The summed E-state index contributed by atoms with van der Waals surface area (Å²) in [5.41, 5.74) is -1.40. The summed E-state index contributed by atoms with van der Waals surface area (Å²) < 4.78 is 0. The van der Waals surface area contributed by atoms with E-state index in [1.54, 1.807) is 0 Å². The lowest BCUT2D eigenvalue weighted by Gasteiger charge is -2.49. The third-order valence-electron chi connectivity index (χ3n) is 3.48. The van der Waals surface area contributed by atoms with Crippen LogP contribution >= 0.6 is 0 Å². The number of amides is 1. The number of nitrogens with one attached hydrogen (secondary N) is 1. The van der Waals surface area contributed by atoms with E-state index in [1.807, 2.05) is 13.0 Å². The molecule has 2 bridgehead atoms. The minimum atomic E-state index is -1.06. The van der Waals surface area contributed by atoms with Crippen LogP contribution in [0.1, 0.15) is 32.6 Å². The van der Waals surface area contributed by atoms with E-state index in [0.29, 0.717) is 12.8 Å². The zero-order chi connectivity index (χ0) is 10.4. The van der Waals surface area contributed by atoms with Gasteiger partial charge in [0.1, 0.15) is 11.6 Å². The smallest absolute Gasteiger partial charge is 0.240 e. The summed E-state index contributed by atoms with van der Waals surface area (Å²) in [5.74, 6) is -0.925. The summed E-state index contributed by atoms with van der Waals surface area (Å²) in [4.78, 5) is 11.6. The molecule has 0 aromatic rings. The van der Waals surface area contributed by atoms with E-state index in [0.717, 1.165) is 12.8 Å². The van der Waals surface area contributed by atoms with Crippen molar-refractivity contribution < 1.29 is 9.90 Å². The number of fused-ring (bicyclic) bond motifs is 2. The third-order valence-corrected chi connectivity index (χ3v) is 3.48. The standard InChI is InChI=1S/C10H14N2O2/c1-9-3-2-4-10(14,6-9)12-8(13)7(9)5-11/h7,14H,2-4,6H2,1H3,(H,12,13)/t7-,9-,10+/m0/s1. The monoisotopic (exact) mass is 194 g/mol. The molecular formula is C10H14N2O2. The van der Waals surface area contributed by atoms with E-state index < -0.39 is 11.6 Å². The van der Waals surface area contributed by atoms with Crippen molar-refractivity contribution in [1.82, 2.24) is 5.32 Å². The van der Waals surface area contributed by atoms with Gasteiger partial charge in [-0.1, -0.05) is 6.92 Å². The van der Waals surface area contributed by atoms with Crippen LogP contribution in [0.5, 0.6) is 0 Å². The molecule has 2 rings (SSSR count). The van der Waals surface area contributed by atoms with Crippen LogP contribution in [0.4, 0.5) is 0 Å². The molecule has 1 saturated heterocycles. The Bertz CT molecular complexity index is 323. The molecule has 1 amide bonds. The molecule has 2 fully saturated rings. The fourth-order valence-electron chi connectivity index (χ4n) is 2.82. The van der Waals surface area contributed by atoms with Crippen molar-refractivity contribution in [2.45, 2.75) is 38.3 Å². The molecule has 1 saturated carbocycles. The number of carbonyl (C=O) groups excluding carboxylic acids is 1. The van der Waals surface area contributed by atoms with Gasteiger partial charge in [0.05, 0.1) is 6.07 Å². The highest BCUT2D eigenvalue weighted by Gasteiger charge is 2.53. The maximum atomic E-state index is 11.6. The number of piperidine rings is 1. The van der Waals surface area contributed by atoms with Gasteiger partial charge in [-0.15, -0.1) is 0 Å². The highest BCUT2D eigenvalue weighted by Crippen LogP contribution is 2.48. The normalized spacial score (nSPS) is 46.6. The maximum absolute atomic E-state index is 11.6. The molecule has 0 unspecified atom stereocenters. The highest BCUT2D eigenvalue weighted by atomic mass is 16.3. The first kappa shape index (κ1) is 9.47. The summed E-state index contributed by atoms with van der Waals surface area (Å²) in [6.45, 7) is 1.92. The fourth-order valence-corrected chi connectivity index (χ4v) is 2.82. The molecule has 1 aliphatic heterocycles. The van der Waals surface area contributed by atoms with Crippen LogP contribution < -0.4 is 5.32 Å². The van der Waals surface area contributed by atoms with Crippen molar-refractivity contribution in [2.24, 2.45) is 11.3 Å². The molecule has 1 aliphatic carbocycles. The van der Waals surface area contributed by atoms with Gasteiger partial charge in [-0.05, 0) is 24.7 Å². The van der Waals surface area contributed by atoms with Crippen molar-refractivity contribution in [1.29, 1.82) is 5.26 Å². The predicted molar refractivity (Wildman–Crippen MR) is 48.8 cm³/mol. The van der Waals surface area contributed by atoms with Gasteiger partial charge < -0.3 is 10.4 Å². The van der Waals surface area contributed by atoms with E-state index in [2.05, 4.69) is 5.32 Å². The second-order valence-corrected chi connectivity index (χ2v) is 4.77. The van der Waals surface area contributed by atoms with Crippen molar-refractivity contribution in [3.63, 3.8) is 0 Å². The first-order valence-electron chi connectivity index (χ1n) is 4.93. The molecule has 1 heterocycles. The number of carbonyl (C=O) groups is 1. The Hall–Kier alpha value is -1.08. The number of nitriles is 1.